The first kappa shape index (κ1) is 18.4. The van der Waals surface area contributed by atoms with Crippen LogP contribution in [0.3, 0.4) is 0 Å². The highest BCUT2D eigenvalue weighted by atomic mass is 16.5. The molecule has 0 unspecified atom stereocenters. The number of fused-ring (bicyclic) bond motifs is 1. The van der Waals surface area contributed by atoms with Crippen molar-refractivity contribution in [3.05, 3.63) is 64.7 Å². The Labute approximate surface area is 164 Å². The summed E-state index contributed by atoms with van der Waals surface area (Å²) < 4.78 is 5.30. The minimum absolute atomic E-state index is 0.00499. The summed E-state index contributed by atoms with van der Waals surface area (Å²) in [7, 11) is 0. The van der Waals surface area contributed by atoms with Crippen molar-refractivity contribution in [2.24, 2.45) is 0 Å². The number of rotatable bonds is 5. The summed E-state index contributed by atoms with van der Waals surface area (Å²) in [6.45, 7) is 0.289. The quantitative estimate of drug-likeness (QED) is 0.588. The molecule has 0 saturated carbocycles. The minimum Gasteiger partial charge on any atom is -0.454 e. The van der Waals surface area contributed by atoms with E-state index in [0.29, 0.717) is 29.8 Å². The molecule has 0 radical (unpaired) electrons. The SMILES string of the molecule is O=C(COC(=O)c1ccccc1N1CCCC1=O)c1ccc2c(c1)CCCC2. The van der Waals surface area contributed by atoms with Crippen LogP contribution in [0.5, 0.6) is 0 Å². The van der Waals surface area contributed by atoms with Crippen molar-refractivity contribution >= 4 is 23.3 Å². The largest absolute Gasteiger partial charge is 0.454 e. The molecule has 0 N–H and O–H groups in total. The van der Waals surface area contributed by atoms with Crippen molar-refractivity contribution in [3.63, 3.8) is 0 Å². The van der Waals surface area contributed by atoms with E-state index in [4.69, 9.17) is 4.74 Å². The van der Waals surface area contributed by atoms with Crippen molar-refractivity contribution < 1.29 is 19.1 Å². The highest BCUT2D eigenvalue weighted by Gasteiger charge is 2.26. The highest BCUT2D eigenvalue weighted by molar-refractivity contribution is 6.05. The van der Waals surface area contributed by atoms with Crippen LogP contribution in [0.15, 0.2) is 42.5 Å². The lowest BCUT2D eigenvalue weighted by Crippen LogP contribution is -2.26. The predicted molar refractivity (Wildman–Crippen MR) is 106 cm³/mol. The Morgan fingerprint density at radius 1 is 0.929 bits per heavy atom. The zero-order chi connectivity index (χ0) is 19.5. The van der Waals surface area contributed by atoms with Gasteiger partial charge in [-0.05, 0) is 61.4 Å². The molecule has 4 rings (SSSR count). The van der Waals surface area contributed by atoms with E-state index in [1.54, 1.807) is 29.2 Å². The average molecular weight is 377 g/mol. The molecule has 5 heteroatoms. The van der Waals surface area contributed by atoms with E-state index in [0.717, 1.165) is 25.7 Å². The van der Waals surface area contributed by atoms with Crippen molar-refractivity contribution in [1.29, 1.82) is 0 Å². The third-order valence-corrected chi connectivity index (χ3v) is 5.49. The summed E-state index contributed by atoms with van der Waals surface area (Å²) in [6.07, 6.45) is 5.65. The molecule has 0 spiro atoms. The molecule has 2 aromatic carbocycles. The van der Waals surface area contributed by atoms with Gasteiger partial charge in [-0.15, -0.1) is 0 Å². The number of nitrogens with zero attached hydrogens (tertiary/aromatic N) is 1. The van der Waals surface area contributed by atoms with Crippen LogP contribution >= 0.6 is 0 Å². The van der Waals surface area contributed by atoms with Gasteiger partial charge in [0, 0.05) is 18.5 Å². The molecule has 0 aromatic heterocycles. The number of ether oxygens (including phenoxy) is 1. The van der Waals surface area contributed by atoms with Gasteiger partial charge in [0.15, 0.2) is 12.4 Å². The molecule has 1 aliphatic carbocycles. The summed E-state index contributed by atoms with van der Waals surface area (Å²) in [5.41, 5.74) is 3.98. The monoisotopic (exact) mass is 377 g/mol. The Bertz CT molecular complexity index is 934. The maximum absolute atomic E-state index is 12.6. The number of anilines is 1. The molecule has 1 fully saturated rings. The zero-order valence-electron chi connectivity index (χ0n) is 15.8. The van der Waals surface area contributed by atoms with Crippen LogP contribution in [0.1, 0.15) is 57.5 Å². The van der Waals surface area contributed by atoms with E-state index in [9.17, 15) is 14.4 Å². The molecule has 1 aliphatic heterocycles. The Kier molecular flexibility index (Phi) is 5.24. The first-order valence-electron chi connectivity index (χ1n) is 9.85. The zero-order valence-corrected chi connectivity index (χ0v) is 15.8. The molecule has 1 amide bonds. The average Bonchev–Trinajstić information content (AvgIpc) is 3.17. The van der Waals surface area contributed by atoms with Crippen molar-refractivity contribution in [2.75, 3.05) is 18.1 Å². The molecule has 5 nitrogen and oxygen atoms in total. The molecule has 1 heterocycles. The van der Waals surface area contributed by atoms with E-state index in [1.165, 1.54) is 17.5 Å². The third-order valence-electron chi connectivity index (χ3n) is 5.49. The number of carbonyl (C=O) groups excluding carboxylic acids is 3. The number of esters is 1. The number of benzene rings is 2. The molecule has 28 heavy (non-hydrogen) atoms. The lowest BCUT2D eigenvalue weighted by Gasteiger charge is -2.19. The van der Waals surface area contributed by atoms with Crippen molar-refractivity contribution in [2.45, 2.75) is 38.5 Å². The molecular weight excluding hydrogens is 354 g/mol. The van der Waals surface area contributed by atoms with E-state index in [2.05, 4.69) is 0 Å². The highest BCUT2D eigenvalue weighted by Crippen LogP contribution is 2.26. The molecule has 0 atom stereocenters. The second-order valence-corrected chi connectivity index (χ2v) is 7.36. The van der Waals surface area contributed by atoms with Gasteiger partial charge in [-0.1, -0.05) is 24.3 Å². The van der Waals surface area contributed by atoms with Crippen LogP contribution < -0.4 is 4.90 Å². The van der Waals surface area contributed by atoms with Crippen LogP contribution in [0.25, 0.3) is 0 Å². The fraction of sp³-hybridized carbons (Fsp3) is 0.348. The van der Waals surface area contributed by atoms with Gasteiger partial charge >= 0.3 is 5.97 Å². The van der Waals surface area contributed by atoms with Gasteiger partial charge in [0.1, 0.15) is 0 Å². The van der Waals surface area contributed by atoms with Crippen LogP contribution in [0, 0.1) is 0 Å². The minimum atomic E-state index is -0.582. The summed E-state index contributed by atoms with van der Waals surface area (Å²) >= 11 is 0. The van der Waals surface area contributed by atoms with Gasteiger partial charge < -0.3 is 9.64 Å². The third kappa shape index (κ3) is 3.70. The van der Waals surface area contributed by atoms with E-state index >= 15 is 0 Å². The molecule has 1 saturated heterocycles. The normalized spacial score (nSPS) is 16.0. The van der Waals surface area contributed by atoms with Gasteiger partial charge in [-0.3, -0.25) is 9.59 Å². The molecule has 144 valence electrons. The molecule has 0 bridgehead atoms. The van der Waals surface area contributed by atoms with E-state index in [-0.39, 0.29) is 18.3 Å². The number of Topliss-reactive ketones (excluding diaryl/α,β-unsaturated/α-hetero) is 1. The molecule has 2 aliphatic rings. The summed E-state index contributed by atoms with van der Waals surface area (Å²) in [4.78, 5) is 38.8. The van der Waals surface area contributed by atoms with Gasteiger partial charge in [0.05, 0.1) is 11.3 Å². The smallest absolute Gasteiger partial charge is 0.340 e. The Morgan fingerprint density at radius 2 is 1.71 bits per heavy atom. The number of para-hydroxylation sites is 1. The Balaban J connectivity index is 1.45. The van der Waals surface area contributed by atoms with Gasteiger partial charge in [-0.25, -0.2) is 4.79 Å². The van der Waals surface area contributed by atoms with Gasteiger partial charge in [0.2, 0.25) is 5.91 Å². The number of ketones is 1. The first-order valence-corrected chi connectivity index (χ1v) is 9.85. The Hall–Kier alpha value is -2.95. The first-order chi connectivity index (χ1) is 13.6. The number of carbonyl (C=O) groups is 3. The summed E-state index contributed by atoms with van der Waals surface area (Å²) in [6, 6.07) is 12.6. The number of aryl methyl sites for hydroxylation is 2. The summed E-state index contributed by atoms with van der Waals surface area (Å²) in [5.74, 6) is -0.788. The Morgan fingerprint density at radius 3 is 2.50 bits per heavy atom. The maximum atomic E-state index is 12.6. The lowest BCUT2D eigenvalue weighted by atomic mass is 9.90. The molecule has 2 aromatic rings. The number of amides is 1. The number of hydrogen-bond donors (Lipinski definition) is 0. The van der Waals surface area contributed by atoms with E-state index in [1.807, 2.05) is 18.2 Å². The second kappa shape index (κ2) is 7.97. The lowest BCUT2D eigenvalue weighted by molar-refractivity contribution is -0.117. The second-order valence-electron chi connectivity index (χ2n) is 7.36. The van der Waals surface area contributed by atoms with Crippen molar-refractivity contribution in [3.8, 4) is 0 Å². The predicted octanol–water partition coefficient (Wildman–Crippen LogP) is 3.73. The van der Waals surface area contributed by atoms with Crippen LogP contribution in [0.2, 0.25) is 0 Å². The van der Waals surface area contributed by atoms with Crippen molar-refractivity contribution in [1.82, 2.24) is 0 Å². The van der Waals surface area contributed by atoms with E-state index < -0.39 is 5.97 Å². The van der Waals surface area contributed by atoms with Crippen LogP contribution in [-0.4, -0.2) is 30.8 Å². The topological polar surface area (TPSA) is 63.7 Å². The standard InChI is InChI=1S/C23H23NO4/c25-21(18-12-11-16-6-1-2-7-17(16)14-18)15-28-23(27)19-8-3-4-9-20(19)24-13-5-10-22(24)26/h3-4,8-9,11-12,14H,1-2,5-7,10,13,15H2. The molecular formula is C23H23NO4. The van der Waals surface area contributed by atoms with Gasteiger partial charge in [0.25, 0.3) is 0 Å². The van der Waals surface area contributed by atoms with Crippen LogP contribution in [0.4, 0.5) is 5.69 Å². The number of hydrogen-bond acceptors (Lipinski definition) is 4. The fourth-order valence-electron chi connectivity index (χ4n) is 3.98. The maximum Gasteiger partial charge on any atom is 0.340 e. The van der Waals surface area contributed by atoms with Gasteiger partial charge in [-0.2, -0.15) is 0 Å². The van der Waals surface area contributed by atoms with Crippen LogP contribution in [-0.2, 0) is 22.4 Å². The summed E-state index contributed by atoms with van der Waals surface area (Å²) in [5, 5.41) is 0. The fourth-order valence-corrected chi connectivity index (χ4v) is 3.98.